The summed E-state index contributed by atoms with van der Waals surface area (Å²) >= 11 is 3.25. The summed E-state index contributed by atoms with van der Waals surface area (Å²) in [6, 6.07) is 7.19. The van der Waals surface area contributed by atoms with E-state index in [2.05, 4.69) is 20.7 Å². The fourth-order valence-corrected chi connectivity index (χ4v) is 1.48. The average molecular weight is 362 g/mol. The van der Waals surface area contributed by atoms with Crippen molar-refractivity contribution in [2.75, 3.05) is 7.11 Å². The van der Waals surface area contributed by atoms with Crippen LogP contribution in [0, 0.1) is 5.41 Å². The Balaban J connectivity index is 0. The molecule has 0 radical (unpaired) electrons. The van der Waals surface area contributed by atoms with E-state index in [1.165, 1.54) is 7.11 Å². The van der Waals surface area contributed by atoms with Gasteiger partial charge in [-0.05, 0) is 11.0 Å². The first-order chi connectivity index (χ1) is 9.79. The second-order valence-electron chi connectivity index (χ2n) is 3.39. The standard InChI is InChI=1S/C7H8BBrO2.C3H5NO2.C2H4O2/c9-5-6-3-1-2-4-7(6)8(10)11;1-6-3(5)2-4;1-2(3)4/h1-4,10-11H,5H2;2,4H,1H3;1H3,(H,3,4). The van der Waals surface area contributed by atoms with Crippen molar-refractivity contribution >= 4 is 46.7 Å². The van der Waals surface area contributed by atoms with Gasteiger partial charge in [-0.2, -0.15) is 0 Å². The molecule has 0 aromatic heterocycles. The second-order valence-corrected chi connectivity index (χ2v) is 3.95. The zero-order chi connectivity index (χ0) is 16.8. The highest BCUT2D eigenvalue weighted by Gasteiger charge is 2.13. The Hall–Kier alpha value is -1.71. The van der Waals surface area contributed by atoms with Crippen LogP contribution in [-0.4, -0.2) is 47.5 Å². The first kappa shape index (κ1) is 21.6. The van der Waals surface area contributed by atoms with E-state index in [0.29, 0.717) is 17.0 Å². The third-order valence-electron chi connectivity index (χ3n) is 1.80. The average Bonchev–Trinajstić information content (AvgIpc) is 2.46. The lowest BCUT2D eigenvalue weighted by Crippen LogP contribution is -2.32. The second kappa shape index (κ2) is 13.3. The normalized spacial score (nSPS) is 8.24. The van der Waals surface area contributed by atoms with Gasteiger partial charge in [0.15, 0.2) is 0 Å². The van der Waals surface area contributed by atoms with Crippen molar-refractivity contribution in [1.29, 1.82) is 5.41 Å². The molecule has 0 atom stereocenters. The summed E-state index contributed by atoms with van der Waals surface area (Å²) in [6.45, 7) is 1.08. The lowest BCUT2D eigenvalue weighted by Gasteiger charge is -2.03. The van der Waals surface area contributed by atoms with Gasteiger partial charge < -0.3 is 25.3 Å². The van der Waals surface area contributed by atoms with E-state index >= 15 is 0 Å². The lowest BCUT2D eigenvalue weighted by atomic mass is 9.77. The smallest absolute Gasteiger partial charge is 0.481 e. The number of carbonyl (C=O) groups is 2. The Kier molecular flexibility index (Phi) is 13.7. The Bertz CT molecular complexity index is 451. The minimum Gasteiger partial charge on any atom is -0.481 e. The molecule has 0 heterocycles. The van der Waals surface area contributed by atoms with E-state index in [1.807, 2.05) is 12.1 Å². The Morgan fingerprint density at radius 1 is 1.38 bits per heavy atom. The van der Waals surface area contributed by atoms with Crippen LogP contribution in [0.3, 0.4) is 0 Å². The molecular formula is C12H17BBrNO6. The van der Waals surface area contributed by atoms with Gasteiger partial charge in [0.1, 0.15) is 6.21 Å². The number of carboxylic acids is 1. The molecule has 7 nitrogen and oxygen atoms in total. The molecule has 0 amide bonds. The van der Waals surface area contributed by atoms with E-state index in [9.17, 15) is 4.79 Å². The maximum atomic E-state index is 9.72. The van der Waals surface area contributed by atoms with Gasteiger partial charge in [-0.25, -0.2) is 4.79 Å². The van der Waals surface area contributed by atoms with Gasteiger partial charge in [0.05, 0.1) is 7.11 Å². The SMILES string of the molecule is CC(=O)O.COC(=O)C=N.OB(O)c1ccccc1CBr. The maximum absolute atomic E-state index is 9.72. The predicted molar refractivity (Wildman–Crippen MR) is 83.0 cm³/mol. The molecule has 0 aliphatic rings. The van der Waals surface area contributed by atoms with Crippen molar-refractivity contribution in [1.82, 2.24) is 0 Å². The number of ether oxygens (including phenoxy) is 1. The molecule has 116 valence electrons. The van der Waals surface area contributed by atoms with E-state index < -0.39 is 19.1 Å². The van der Waals surface area contributed by atoms with Crippen molar-refractivity contribution in [3.05, 3.63) is 29.8 Å². The lowest BCUT2D eigenvalue weighted by molar-refractivity contribution is -0.134. The molecule has 0 bridgehead atoms. The molecule has 0 saturated heterocycles. The van der Waals surface area contributed by atoms with Gasteiger partial charge in [-0.3, -0.25) is 4.79 Å². The number of methoxy groups -OCH3 is 1. The monoisotopic (exact) mass is 361 g/mol. The molecule has 0 unspecified atom stereocenters. The van der Waals surface area contributed by atoms with E-state index in [4.69, 9.17) is 25.4 Å². The van der Waals surface area contributed by atoms with Gasteiger partial charge in [0.25, 0.3) is 5.97 Å². The number of alkyl halides is 1. The number of rotatable bonds is 3. The van der Waals surface area contributed by atoms with Crippen LogP contribution in [0.1, 0.15) is 12.5 Å². The topological polar surface area (TPSA) is 128 Å². The molecule has 9 heteroatoms. The zero-order valence-corrected chi connectivity index (χ0v) is 13.2. The van der Waals surface area contributed by atoms with Gasteiger partial charge in [-0.15, -0.1) is 0 Å². The predicted octanol–water partition coefficient (Wildman–Crippen LogP) is 0.161. The minimum atomic E-state index is -1.37. The van der Waals surface area contributed by atoms with E-state index in [1.54, 1.807) is 12.1 Å². The van der Waals surface area contributed by atoms with Gasteiger partial charge in [0.2, 0.25) is 0 Å². The number of carboxylic acid groups (broad SMARTS) is 1. The van der Waals surface area contributed by atoms with Crippen LogP contribution in [0.15, 0.2) is 24.3 Å². The fraction of sp³-hybridized carbons (Fsp3) is 0.250. The number of hydrogen-bond donors (Lipinski definition) is 4. The summed E-state index contributed by atoms with van der Waals surface area (Å²) in [5.74, 6) is -1.45. The number of nitrogens with one attached hydrogen (secondary N) is 1. The van der Waals surface area contributed by atoms with E-state index in [0.717, 1.165) is 12.5 Å². The summed E-state index contributed by atoms with van der Waals surface area (Å²) in [6.07, 6.45) is 0.611. The van der Waals surface area contributed by atoms with Crippen LogP contribution < -0.4 is 5.46 Å². The van der Waals surface area contributed by atoms with Crippen LogP contribution in [0.2, 0.25) is 0 Å². The highest BCUT2D eigenvalue weighted by molar-refractivity contribution is 9.08. The number of benzene rings is 1. The summed E-state index contributed by atoms with van der Waals surface area (Å²) in [5, 5.41) is 32.0. The van der Waals surface area contributed by atoms with Gasteiger partial charge >= 0.3 is 13.1 Å². The zero-order valence-electron chi connectivity index (χ0n) is 11.6. The molecule has 1 aromatic carbocycles. The number of carbonyl (C=O) groups excluding carboxylic acids is 1. The number of esters is 1. The van der Waals surface area contributed by atoms with Crippen molar-refractivity contribution in [3.8, 4) is 0 Å². The number of halogens is 1. The summed E-state index contributed by atoms with van der Waals surface area (Å²) in [4.78, 5) is 18.7. The fourth-order valence-electron chi connectivity index (χ4n) is 0.967. The van der Waals surface area contributed by atoms with Crippen molar-refractivity contribution in [2.45, 2.75) is 12.3 Å². The maximum Gasteiger partial charge on any atom is 0.488 e. The Labute approximate surface area is 131 Å². The molecule has 0 saturated carbocycles. The quantitative estimate of drug-likeness (QED) is 0.263. The molecule has 1 rings (SSSR count). The van der Waals surface area contributed by atoms with Crippen LogP contribution in [0.4, 0.5) is 0 Å². The molecule has 0 aliphatic carbocycles. The van der Waals surface area contributed by atoms with Gasteiger partial charge in [-0.1, -0.05) is 40.2 Å². The number of hydrogen-bond acceptors (Lipinski definition) is 6. The molecule has 0 fully saturated rings. The van der Waals surface area contributed by atoms with Crippen molar-refractivity contribution in [3.63, 3.8) is 0 Å². The minimum absolute atomic E-state index is 0.560. The highest BCUT2D eigenvalue weighted by atomic mass is 79.9. The largest absolute Gasteiger partial charge is 0.488 e. The highest BCUT2D eigenvalue weighted by Crippen LogP contribution is 2.01. The first-order valence-corrected chi connectivity index (χ1v) is 6.70. The number of aliphatic carboxylic acids is 1. The van der Waals surface area contributed by atoms with Crippen LogP contribution in [0.5, 0.6) is 0 Å². The molecular weight excluding hydrogens is 345 g/mol. The third kappa shape index (κ3) is 13.0. The van der Waals surface area contributed by atoms with Crippen LogP contribution >= 0.6 is 15.9 Å². The summed E-state index contributed by atoms with van der Waals surface area (Å²) in [5.41, 5.74) is 1.46. The Morgan fingerprint density at radius 2 is 1.86 bits per heavy atom. The van der Waals surface area contributed by atoms with Crippen molar-refractivity contribution < 1.29 is 29.5 Å². The molecule has 21 heavy (non-hydrogen) atoms. The van der Waals surface area contributed by atoms with Crippen molar-refractivity contribution in [2.24, 2.45) is 0 Å². The van der Waals surface area contributed by atoms with E-state index in [-0.39, 0.29) is 0 Å². The molecule has 0 aliphatic heterocycles. The molecule has 0 spiro atoms. The van der Waals surface area contributed by atoms with Crippen LogP contribution in [-0.2, 0) is 19.7 Å². The van der Waals surface area contributed by atoms with Gasteiger partial charge in [0, 0.05) is 12.3 Å². The first-order valence-electron chi connectivity index (χ1n) is 5.57. The molecule has 1 aromatic rings. The molecule has 4 N–H and O–H groups in total. The third-order valence-corrected chi connectivity index (χ3v) is 2.40. The van der Waals surface area contributed by atoms with Crippen LogP contribution in [0.25, 0.3) is 0 Å². The summed E-state index contributed by atoms with van der Waals surface area (Å²) < 4.78 is 4.02. The summed E-state index contributed by atoms with van der Waals surface area (Å²) in [7, 11) is -0.142. The Morgan fingerprint density at radius 3 is 2.10 bits per heavy atom.